The molecule has 4 aromatic carbocycles. The van der Waals surface area contributed by atoms with Gasteiger partial charge < -0.3 is 10.3 Å². The lowest BCUT2D eigenvalue weighted by molar-refractivity contribution is 0.413. The minimum Gasteiger partial charge on any atom is -0.321 e. The zero-order valence-electron chi connectivity index (χ0n) is 19.4. The maximum atomic E-state index is 6.82. The van der Waals surface area contributed by atoms with Crippen LogP contribution >= 0.6 is 0 Å². The van der Waals surface area contributed by atoms with Gasteiger partial charge in [0.15, 0.2) is 0 Å². The van der Waals surface area contributed by atoms with E-state index in [-0.39, 0.29) is 5.54 Å². The molecular formula is C30H32N2. The van der Waals surface area contributed by atoms with E-state index in [2.05, 4.69) is 104 Å². The van der Waals surface area contributed by atoms with Crippen molar-refractivity contribution in [2.75, 3.05) is 0 Å². The molecule has 0 unspecified atom stereocenters. The fraction of sp³-hybridized carbons (Fsp3) is 0.267. The number of rotatable bonds is 6. The maximum Gasteiger partial charge on any atom is 0.0547 e. The summed E-state index contributed by atoms with van der Waals surface area (Å²) < 4.78 is 2.40. The van der Waals surface area contributed by atoms with E-state index in [1.165, 1.54) is 55.8 Å². The molecular weight excluding hydrogens is 388 g/mol. The third-order valence-electron chi connectivity index (χ3n) is 7.20. The second-order valence-corrected chi connectivity index (χ2v) is 9.03. The molecule has 1 aromatic heterocycles. The second-order valence-electron chi connectivity index (χ2n) is 9.03. The second kappa shape index (κ2) is 8.11. The van der Waals surface area contributed by atoms with Crippen LogP contribution in [0.4, 0.5) is 0 Å². The first kappa shape index (κ1) is 20.8. The Morgan fingerprint density at radius 3 is 2.22 bits per heavy atom. The molecule has 162 valence electrons. The zero-order valence-corrected chi connectivity index (χ0v) is 19.4. The van der Waals surface area contributed by atoms with Crippen LogP contribution in [0, 0.1) is 0 Å². The number of aromatic nitrogens is 1. The molecule has 0 fully saturated rings. The Hall–Kier alpha value is -3.10. The maximum absolute atomic E-state index is 6.82. The molecule has 2 heteroatoms. The summed E-state index contributed by atoms with van der Waals surface area (Å²) in [6.07, 6.45) is 4.13. The van der Waals surface area contributed by atoms with Gasteiger partial charge in [-0.3, -0.25) is 0 Å². The Bertz CT molecular complexity index is 1410. The molecule has 5 rings (SSSR count). The van der Waals surface area contributed by atoms with E-state index in [9.17, 15) is 0 Å². The van der Waals surface area contributed by atoms with Gasteiger partial charge in [-0.1, -0.05) is 81.8 Å². The molecule has 0 aliphatic heterocycles. The number of nitrogens with zero attached hydrogens (tertiary/aromatic N) is 1. The lowest BCUT2D eigenvalue weighted by atomic mass is 9.85. The van der Waals surface area contributed by atoms with Crippen LogP contribution in [0.3, 0.4) is 0 Å². The first-order valence-corrected chi connectivity index (χ1v) is 11.9. The van der Waals surface area contributed by atoms with E-state index < -0.39 is 0 Å². The van der Waals surface area contributed by atoms with Crippen molar-refractivity contribution in [1.82, 2.24) is 4.57 Å². The van der Waals surface area contributed by atoms with Gasteiger partial charge >= 0.3 is 0 Å². The molecule has 0 atom stereocenters. The molecule has 0 aliphatic rings. The summed E-state index contributed by atoms with van der Waals surface area (Å²) >= 11 is 0. The van der Waals surface area contributed by atoms with Gasteiger partial charge in [-0.25, -0.2) is 0 Å². The summed E-state index contributed by atoms with van der Waals surface area (Å²) in [6.45, 7) is 6.60. The first-order chi connectivity index (χ1) is 15.6. The average molecular weight is 421 g/mol. The van der Waals surface area contributed by atoms with E-state index in [4.69, 9.17) is 5.73 Å². The monoisotopic (exact) mass is 420 g/mol. The molecule has 0 saturated heterocycles. The van der Waals surface area contributed by atoms with E-state index in [0.29, 0.717) is 0 Å². The number of hydrogen-bond donors (Lipinski definition) is 1. The highest BCUT2D eigenvalue weighted by Crippen LogP contribution is 2.39. The third kappa shape index (κ3) is 3.22. The summed E-state index contributed by atoms with van der Waals surface area (Å²) in [4.78, 5) is 0. The van der Waals surface area contributed by atoms with Crippen molar-refractivity contribution in [3.63, 3.8) is 0 Å². The number of hydrogen-bond acceptors (Lipinski definition) is 1. The lowest BCUT2D eigenvalue weighted by Crippen LogP contribution is -2.35. The van der Waals surface area contributed by atoms with Crippen molar-refractivity contribution in [1.29, 1.82) is 0 Å². The molecule has 2 N–H and O–H groups in total. The normalized spacial score (nSPS) is 12.2. The summed E-state index contributed by atoms with van der Waals surface area (Å²) in [5, 5.41) is 5.25. The van der Waals surface area contributed by atoms with Crippen LogP contribution in [0.2, 0.25) is 0 Å². The zero-order chi connectivity index (χ0) is 22.3. The van der Waals surface area contributed by atoms with Gasteiger partial charge in [0.05, 0.1) is 11.0 Å². The van der Waals surface area contributed by atoms with Crippen LogP contribution in [-0.2, 0) is 12.0 Å². The molecule has 0 amide bonds. The molecule has 2 nitrogen and oxygen atoms in total. The molecule has 5 aromatic rings. The molecule has 32 heavy (non-hydrogen) atoms. The molecule has 0 bridgehead atoms. The van der Waals surface area contributed by atoms with Crippen molar-refractivity contribution < 1.29 is 0 Å². The van der Waals surface area contributed by atoms with Gasteiger partial charge in [-0.05, 0) is 65.4 Å². The number of fused-ring (bicyclic) bond motifs is 5. The molecule has 1 heterocycles. The van der Waals surface area contributed by atoms with Gasteiger partial charge in [-0.2, -0.15) is 0 Å². The lowest BCUT2D eigenvalue weighted by Gasteiger charge is -2.27. The topological polar surface area (TPSA) is 30.9 Å². The smallest absolute Gasteiger partial charge is 0.0547 e. The van der Waals surface area contributed by atoms with E-state index in [1.807, 2.05) is 0 Å². The van der Waals surface area contributed by atoms with Crippen molar-refractivity contribution in [3.8, 4) is 5.69 Å². The highest BCUT2D eigenvalue weighted by molar-refractivity contribution is 6.21. The van der Waals surface area contributed by atoms with Crippen LogP contribution < -0.4 is 5.73 Å². The summed E-state index contributed by atoms with van der Waals surface area (Å²) in [5.74, 6) is 0. The first-order valence-electron chi connectivity index (χ1n) is 11.9. The van der Waals surface area contributed by atoms with Crippen molar-refractivity contribution in [2.24, 2.45) is 5.73 Å². The molecule has 0 saturated carbocycles. The summed E-state index contributed by atoms with van der Waals surface area (Å²) in [7, 11) is 0. The predicted octanol–water partition coefficient (Wildman–Crippen LogP) is 7.86. The Morgan fingerprint density at radius 2 is 1.50 bits per heavy atom. The quantitative estimate of drug-likeness (QED) is 0.298. The Balaban J connectivity index is 1.89. The van der Waals surface area contributed by atoms with Gasteiger partial charge in [0.25, 0.3) is 0 Å². The van der Waals surface area contributed by atoms with Crippen molar-refractivity contribution >= 4 is 32.6 Å². The Kier molecular flexibility index (Phi) is 5.27. The predicted molar refractivity (Wildman–Crippen MR) is 139 cm³/mol. The van der Waals surface area contributed by atoms with Crippen LogP contribution in [0.25, 0.3) is 38.3 Å². The van der Waals surface area contributed by atoms with E-state index in [1.54, 1.807) is 0 Å². The molecule has 0 radical (unpaired) electrons. The molecule has 0 aliphatic carbocycles. The van der Waals surface area contributed by atoms with Gasteiger partial charge in [0.2, 0.25) is 0 Å². The Morgan fingerprint density at radius 1 is 0.750 bits per heavy atom. The number of aryl methyl sites for hydroxylation is 1. The van der Waals surface area contributed by atoms with E-state index >= 15 is 0 Å². The minimum atomic E-state index is -0.302. The highest BCUT2D eigenvalue weighted by Gasteiger charge is 2.24. The van der Waals surface area contributed by atoms with Crippen LogP contribution in [-0.4, -0.2) is 4.57 Å². The fourth-order valence-electron chi connectivity index (χ4n) is 5.16. The van der Waals surface area contributed by atoms with Crippen LogP contribution in [0.1, 0.15) is 51.2 Å². The Labute approximate surface area is 190 Å². The number of nitrogens with two attached hydrogens (primary N) is 1. The SMILES string of the molecule is CCCc1ccc2c(ccc3c2c2ccc(C(N)(CC)CC)cc2n3-c2ccccc2)c1. The summed E-state index contributed by atoms with van der Waals surface area (Å²) in [6, 6.07) is 29.1. The minimum absolute atomic E-state index is 0.302. The van der Waals surface area contributed by atoms with Gasteiger partial charge in [-0.15, -0.1) is 0 Å². The van der Waals surface area contributed by atoms with E-state index in [0.717, 1.165) is 19.3 Å². The third-order valence-corrected chi connectivity index (χ3v) is 7.20. The van der Waals surface area contributed by atoms with Crippen LogP contribution in [0.15, 0.2) is 78.9 Å². The average Bonchev–Trinajstić information content (AvgIpc) is 3.18. The largest absolute Gasteiger partial charge is 0.321 e. The number of para-hydroxylation sites is 1. The fourth-order valence-corrected chi connectivity index (χ4v) is 5.16. The highest BCUT2D eigenvalue weighted by atomic mass is 15.0. The van der Waals surface area contributed by atoms with Gasteiger partial charge in [0.1, 0.15) is 0 Å². The van der Waals surface area contributed by atoms with Crippen molar-refractivity contribution in [2.45, 2.75) is 52.0 Å². The standard InChI is InChI=1S/C30H32N2/c1-4-10-21-13-16-25-22(19-21)14-18-27-29(25)26-17-15-23(30(31,5-2)6-3)20-28(26)32(27)24-11-8-7-9-12-24/h7-9,11-20H,4-6,10,31H2,1-3H3. The van der Waals surface area contributed by atoms with Gasteiger partial charge in [0, 0.05) is 22.0 Å². The van der Waals surface area contributed by atoms with Crippen LogP contribution in [0.5, 0.6) is 0 Å². The number of benzene rings is 4. The molecule has 0 spiro atoms. The van der Waals surface area contributed by atoms with Crippen molar-refractivity contribution in [3.05, 3.63) is 90.0 Å². The summed E-state index contributed by atoms with van der Waals surface area (Å²) in [5.41, 5.74) is 12.8.